The fourth-order valence-corrected chi connectivity index (χ4v) is 2.31. The van der Waals surface area contributed by atoms with Crippen LogP contribution >= 0.6 is 0 Å². The molecule has 1 rings (SSSR count). The van der Waals surface area contributed by atoms with Gasteiger partial charge in [-0.3, -0.25) is 0 Å². The molecule has 0 saturated heterocycles. The van der Waals surface area contributed by atoms with Crippen molar-refractivity contribution in [3.8, 4) is 0 Å². The second-order valence-electron chi connectivity index (χ2n) is 5.90. The van der Waals surface area contributed by atoms with Gasteiger partial charge in [0.2, 0.25) is 0 Å². The summed E-state index contributed by atoms with van der Waals surface area (Å²) in [5.41, 5.74) is 2.77. The molecule has 0 aliphatic carbocycles. The van der Waals surface area contributed by atoms with Crippen LogP contribution in [0.25, 0.3) is 0 Å². The Morgan fingerprint density at radius 3 is 2.40 bits per heavy atom. The predicted octanol–water partition coefficient (Wildman–Crippen LogP) is 2.96. The zero-order chi connectivity index (χ0) is 15.0. The molecule has 114 valence electrons. The lowest BCUT2D eigenvalue weighted by atomic mass is 10.1. The summed E-state index contributed by atoms with van der Waals surface area (Å²) in [6.45, 7) is 10.9. The Bertz CT molecular complexity index is 374. The Balaban J connectivity index is 2.70. The van der Waals surface area contributed by atoms with E-state index in [-0.39, 0.29) is 0 Å². The van der Waals surface area contributed by atoms with Gasteiger partial charge in [-0.1, -0.05) is 32.0 Å². The lowest BCUT2D eigenvalue weighted by Gasteiger charge is -2.27. The Hall–Kier alpha value is -1.06. The minimum Gasteiger partial charge on any atom is -0.372 e. The highest BCUT2D eigenvalue weighted by Gasteiger charge is 2.09. The number of rotatable bonds is 9. The Kier molecular flexibility index (Phi) is 7.63. The topological polar surface area (TPSA) is 18.5 Å². The van der Waals surface area contributed by atoms with Crippen molar-refractivity contribution in [2.45, 2.75) is 39.8 Å². The molecule has 3 nitrogen and oxygen atoms in total. The van der Waals surface area contributed by atoms with Crippen LogP contribution in [-0.4, -0.2) is 44.7 Å². The lowest BCUT2D eigenvalue weighted by molar-refractivity contribution is 0.400. The quantitative estimate of drug-likeness (QED) is 0.748. The van der Waals surface area contributed by atoms with Gasteiger partial charge in [-0.2, -0.15) is 0 Å². The Morgan fingerprint density at radius 1 is 1.10 bits per heavy atom. The third kappa shape index (κ3) is 5.93. The zero-order valence-electron chi connectivity index (χ0n) is 13.8. The molecule has 1 aromatic carbocycles. The first-order valence-corrected chi connectivity index (χ1v) is 7.75. The van der Waals surface area contributed by atoms with Crippen LogP contribution in [0.2, 0.25) is 0 Å². The molecule has 0 unspecified atom stereocenters. The maximum atomic E-state index is 3.52. The summed E-state index contributed by atoms with van der Waals surface area (Å²) in [5.74, 6) is 0. The van der Waals surface area contributed by atoms with E-state index >= 15 is 0 Å². The molecule has 1 aromatic rings. The van der Waals surface area contributed by atoms with Crippen LogP contribution in [0.1, 0.15) is 32.8 Å². The van der Waals surface area contributed by atoms with Crippen LogP contribution in [0.15, 0.2) is 24.3 Å². The molecule has 0 radical (unpaired) electrons. The number of nitrogens with one attached hydrogen (secondary N) is 1. The highest BCUT2D eigenvalue weighted by Crippen LogP contribution is 2.20. The zero-order valence-corrected chi connectivity index (χ0v) is 13.8. The average molecular weight is 277 g/mol. The van der Waals surface area contributed by atoms with Crippen LogP contribution < -0.4 is 10.2 Å². The highest BCUT2D eigenvalue weighted by atomic mass is 15.1. The molecule has 0 spiro atoms. The molecular weight excluding hydrogens is 246 g/mol. The molecule has 0 bridgehead atoms. The fourth-order valence-electron chi connectivity index (χ4n) is 2.31. The van der Waals surface area contributed by atoms with Crippen molar-refractivity contribution < 1.29 is 0 Å². The van der Waals surface area contributed by atoms with Crippen LogP contribution in [0, 0.1) is 0 Å². The average Bonchev–Trinajstić information content (AvgIpc) is 2.41. The molecule has 20 heavy (non-hydrogen) atoms. The lowest BCUT2D eigenvalue weighted by Crippen LogP contribution is -2.29. The monoisotopic (exact) mass is 277 g/mol. The van der Waals surface area contributed by atoms with E-state index in [2.05, 4.69) is 74.2 Å². The fraction of sp³-hybridized carbons (Fsp3) is 0.647. The predicted molar refractivity (Wildman–Crippen MR) is 89.5 cm³/mol. The van der Waals surface area contributed by atoms with Gasteiger partial charge in [0.1, 0.15) is 0 Å². The number of anilines is 1. The summed E-state index contributed by atoms with van der Waals surface area (Å²) in [6, 6.07) is 9.28. The second kappa shape index (κ2) is 8.98. The van der Waals surface area contributed by atoms with Crippen molar-refractivity contribution >= 4 is 5.69 Å². The third-order valence-electron chi connectivity index (χ3n) is 3.45. The Morgan fingerprint density at radius 2 is 1.80 bits per heavy atom. The van der Waals surface area contributed by atoms with Crippen molar-refractivity contribution in [1.82, 2.24) is 10.2 Å². The SMILES string of the molecule is CCN(CCCN(C)C)c1ccccc1CNC(C)C. The summed E-state index contributed by atoms with van der Waals surface area (Å²) >= 11 is 0. The van der Waals surface area contributed by atoms with Crippen molar-refractivity contribution in [1.29, 1.82) is 0 Å². The third-order valence-corrected chi connectivity index (χ3v) is 3.45. The van der Waals surface area contributed by atoms with Gasteiger partial charge in [-0.15, -0.1) is 0 Å². The molecule has 0 aromatic heterocycles. The molecule has 3 heteroatoms. The number of para-hydroxylation sites is 1. The van der Waals surface area contributed by atoms with Crippen molar-refractivity contribution in [3.05, 3.63) is 29.8 Å². The van der Waals surface area contributed by atoms with Gasteiger partial charge in [0, 0.05) is 31.4 Å². The van der Waals surface area contributed by atoms with Crippen LogP contribution in [-0.2, 0) is 6.54 Å². The molecule has 0 amide bonds. The van der Waals surface area contributed by atoms with Gasteiger partial charge >= 0.3 is 0 Å². The molecule has 0 heterocycles. The first kappa shape index (κ1) is 17.0. The van der Waals surface area contributed by atoms with Gasteiger partial charge in [0.15, 0.2) is 0 Å². The first-order chi connectivity index (χ1) is 9.54. The molecule has 0 aliphatic rings. The summed E-state index contributed by atoms with van der Waals surface area (Å²) in [4.78, 5) is 4.74. The molecular formula is C17H31N3. The van der Waals surface area contributed by atoms with E-state index < -0.39 is 0 Å². The van der Waals surface area contributed by atoms with Gasteiger partial charge in [0.05, 0.1) is 0 Å². The molecule has 1 N–H and O–H groups in total. The van der Waals surface area contributed by atoms with Gasteiger partial charge in [0.25, 0.3) is 0 Å². The minimum absolute atomic E-state index is 0.520. The Labute approximate surface area is 125 Å². The van der Waals surface area contributed by atoms with Crippen molar-refractivity contribution in [3.63, 3.8) is 0 Å². The second-order valence-corrected chi connectivity index (χ2v) is 5.90. The van der Waals surface area contributed by atoms with Crippen LogP contribution in [0.4, 0.5) is 5.69 Å². The van der Waals surface area contributed by atoms with Gasteiger partial charge < -0.3 is 15.1 Å². The van der Waals surface area contributed by atoms with E-state index in [1.807, 2.05) is 0 Å². The van der Waals surface area contributed by atoms with Crippen molar-refractivity contribution in [2.24, 2.45) is 0 Å². The van der Waals surface area contributed by atoms with Crippen LogP contribution in [0.3, 0.4) is 0 Å². The van der Waals surface area contributed by atoms with E-state index in [0.717, 1.165) is 26.2 Å². The van der Waals surface area contributed by atoms with E-state index in [9.17, 15) is 0 Å². The van der Waals surface area contributed by atoms with E-state index in [1.54, 1.807) is 0 Å². The van der Waals surface area contributed by atoms with Gasteiger partial charge in [-0.25, -0.2) is 0 Å². The largest absolute Gasteiger partial charge is 0.372 e. The van der Waals surface area contributed by atoms with Crippen LogP contribution in [0.5, 0.6) is 0 Å². The summed E-state index contributed by atoms with van der Waals surface area (Å²) in [5, 5.41) is 3.52. The minimum atomic E-state index is 0.520. The highest BCUT2D eigenvalue weighted by molar-refractivity contribution is 5.53. The molecule has 0 aliphatic heterocycles. The number of benzene rings is 1. The number of nitrogens with zero attached hydrogens (tertiary/aromatic N) is 2. The molecule has 0 saturated carbocycles. The summed E-state index contributed by atoms with van der Waals surface area (Å²) < 4.78 is 0. The maximum Gasteiger partial charge on any atom is 0.0411 e. The van der Waals surface area contributed by atoms with Crippen molar-refractivity contribution in [2.75, 3.05) is 38.6 Å². The van der Waals surface area contributed by atoms with E-state index in [0.29, 0.717) is 6.04 Å². The molecule has 0 fully saturated rings. The van der Waals surface area contributed by atoms with E-state index in [4.69, 9.17) is 0 Å². The standard InChI is InChI=1S/C17H31N3/c1-6-20(13-9-12-19(4)5)17-11-8-7-10-16(17)14-18-15(2)3/h7-8,10-11,15,18H,6,9,12-14H2,1-5H3. The molecule has 0 atom stereocenters. The first-order valence-electron chi connectivity index (χ1n) is 7.75. The number of hydrogen-bond acceptors (Lipinski definition) is 3. The maximum absolute atomic E-state index is 3.52. The number of hydrogen-bond donors (Lipinski definition) is 1. The smallest absolute Gasteiger partial charge is 0.0411 e. The summed E-state index contributed by atoms with van der Waals surface area (Å²) in [7, 11) is 4.27. The summed E-state index contributed by atoms with van der Waals surface area (Å²) in [6.07, 6.45) is 1.20. The van der Waals surface area contributed by atoms with E-state index in [1.165, 1.54) is 17.7 Å². The normalized spacial score (nSPS) is 11.3. The van der Waals surface area contributed by atoms with Gasteiger partial charge in [-0.05, 0) is 45.6 Å².